The Morgan fingerprint density at radius 3 is 2.30 bits per heavy atom. The lowest BCUT2D eigenvalue weighted by Crippen LogP contribution is -2.14. The number of hydrogen-bond donors (Lipinski definition) is 1. The molecule has 0 aromatic heterocycles. The van der Waals surface area contributed by atoms with Gasteiger partial charge < -0.3 is 4.74 Å². The van der Waals surface area contributed by atoms with Gasteiger partial charge in [-0.05, 0) is 62.1 Å². The average Bonchev–Trinajstić information content (AvgIpc) is 3.03. The summed E-state index contributed by atoms with van der Waals surface area (Å²) in [7, 11) is -3.67. The third-order valence-corrected chi connectivity index (χ3v) is 5.57. The van der Waals surface area contributed by atoms with Crippen LogP contribution in [0.15, 0.2) is 53.4 Å². The van der Waals surface area contributed by atoms with Gasteiger partial charge in [0.25, 0.3) is 10.0 Å². The molecule has 4 nitrogen and oxygen atoms in total. The van der Waals surface area contributed by atoms with Crippen LogP contribution < -0.4 is 9.46 Å². The lowest BCUT2D eigenvalue weighted by atomic mass is 10.3. The van der Waals surface area contributed by atoms with Crippen molar-refractivity contribution in [2.45, 2.75) is 36.7 Å². The molecule has 0 unspecified atom stereocenters. The molecule has 23 heavy (non-hydrogen) atoms. The molecular weight excluding hydrogens is 334 g/mol. The maximum absolute atomic E-state index is 12.4. The van der Waals surface area contributed by atoms with E-state index in [0.29, 0.717) is 16.5 Å². The summed E-state index contributed by atoms with van der Waals surface area (Å²) in [5.41, 5.74) is 0.362. The van der Waals surface area contributed by atoms with Gasteiger partial charge in [0.1, 0.15) is 5.75 Å². The zero-order valence-corrected chi connectivity index (χ0v) is 14.1. The number of benzene rings is 2. The molecule has 1 N–H and O–H groups in total. The smallest absolute Gasteiger partial charge is 0.261 e. The minimum atomic E-state index is -3.67. The first kappa shape index (κ1) is 16.1. The third kappa shape index (κ3) is 3.98. The fourth-order valence-corrected chi connectivity index (χ4v) is 3.96. The molecule has 0 amide bonds. The number of halogens is 1. The van der Waals surface area contributed by atoms with Crippen LogP contribution in [0.1, 0.15) is 25.7 Å². The third-order valence-electron chi connectivity index (χ3n) is 3.86. The number of ether oxygens (including phenoxy) is 1. The van der Waals surface area contributed by atoms with E-state index in [0.717, 1.165) is 12.8 Å². The summed E-state index contributed by atoms with van der Waals surface area (Å²) in [4.78, 5) is 0.177. The molecule has 0 atom stereocenters. The molecule has 0 saturated heterocycles. The van der Waals surface area contributed by atoms with Crippen LogP contribution in [0.25, 0.3) is 0 Å². The average molecular weight is 352 g/mol. The summed E-state index contributed by atoms with van der Waals surface area (Å²) >= 11 is 5.99. The largest absolute Gasteiger partial charge is 0.490 e. The molecule has 1 aliphatic rings. The summed E-state index contributed by atoms with van der Waals surface area (Å²) in [5, 5.41) is 0.359. The highest BCUT2D eigenvalue weighted by molar-refractivity contribution is 7.92. The van der Waals surface area contributed by atoms with E-state index in [1.807, 2.05) is 0 Å². The Balaban J connectivity index is 1.73. The van der Waals surface area contributed by atoms with E-state index in [9.17, 15) is 8.42 Å². The van der Waals surface area contributed by atoms with Gasteiger partial charge in [0, 0.05) is 0 Å². The van der Waals surface area contributed by atoms with Gasteiger partial charge in [-0.2, -0.15) is 0 Å². The second kappa shape index (κ2) is 6.81. The van der Waals surface area contributed by atoms with E-state index in [1.165, 1.54) is 12.8 Å². The van der Waals surface area contributed by atoms with Crippen LogP contribution in [0.3, 0.4) is 0 Å². The van der Waals surface area contributed by atoms with Gasteiger partial charge in [-0.3, -0.25) is 4.72 Å². The normalized spacial score (nSPS) is 15.5. The SMILES string of the molecule is O=S(=O)(Nc1ccccc1Cl)c1ccc(OC2CCCC2)cc1. The lowest BCUT2D eigenvalue weighted by Gasteiger charge is -2.14. The summed E-state index contributed by atoms with van der Waals surface area (Å²) in [6, 6.07) is 13.2. The molecule has 3 rings (SSSR count). The predicted octanol–water partition coefficient (Wildman–Crippen LogP) is 4.46. The van der Waals surface area contributed by atoms with Crippen LogP contribution in [0.2, 0.25) is 5.02 Å². The van der Waals surface area contributed by atoms with Gasteiger partial charge in [0.05, 0.1) is 21.7 Å². The van der Waals surface area contributed by atoms with Gasteiger partial charge in [-0.15, -0.1) is 0 Å². The van der Waals surface area contributed by atoms with Crippen molar-refractivity contribution < 1.29 is 13.2 Å². The molecule has 1 fully saturated rings. The number of para-hydroxylation sites is 1. The van der Waals surface area contributed by atoms with Crippen molar-refractivity contribution in [1.29, 1.82) is 0 Å². The molecule has 0 spiro atoms. The Hall–Kier alpha value is -1.72. The quantitative estimate of drug-likeness (QED) is 0.865. The van der Waals surface area contributed by atoms with Crippen LogP contribution in [-0.2, 0) is 10.0 Å². The first-order valence-corrected chi connectivity index (χ1v) is 9.45. The second-order valence-electron chi connectivity index (χ2n) is 5.58. The number of nitrogens with one attached hydrogen (secondary N) is 1. The summed E-state index contributed by atoms with van der Waals surface area (Å²) < 4.78 is 33.1. The van der Waals surface area contributed by atoms with Crippen molar-refractivity contribution in [2.24, 2.45) is 0 Å². The molecule has 0 aliphatic heterocycles. The highest BCUT2D eigenvalue weighted by Gasteiger charge is 2.18. The molecule has 0 bridgehead atoms. The van der Waals surface area contributed by atoms with E-state index in [1.54, 1.807) is 48.5 Å². The van der Waals surface area contributed by atoms with Crippen molar-refractivity contribution in [3.8, 4) is 5.75 Å². The zero-order valence-electron chi connectivity index (χ0n) is 12.5. The fraction of sp³-hybridized carbons (Fsp3) is 0.294. The van der Waals surface area contributed by atoms with E-state index < -0.39 is 10.0 Å². The fourth-order valence-electron chi connectivity index (χ4n) is 2.64. The van der Waals surface area contributed by atoms with Crippen LogP contribution in [-0.4, -0.2) is 14.5 Å². The second-order valence-corrected chi connectivity index (χ2v) is 7.67. The summed E-state index contributed by atoms with van der Waals surface area (Å²) in [6.45, 7) is 0. The van der Waals surface area contributed by atoms with E-state index in [4.69, 9.17) is 16.3 Å². The van der Waals surface area contributed by atoms with Crippen LogP contribution in [0.5, 0.6) is 5.75 Å². The maximum atomic E-state index is 12.4. The maximum Gasteiger partial charge on any atom is 0.261 e. The number of anilines is 1. The molecule has 1 aliphatic carbocycles. The molecule has 2 aromatic carbocycles. The Morgan fingerprint density at radius 2 is 1.65 bits per heavy atom. The van der Waals surface area contributed by atoms with Gasteiger partial charge in [0.2, 0.25) is 0 Å². The van der Waals surface area contributed by atoms with Gasteiger partial charge in [-0.25, -0.2) is 8.42 Å². The highest BCUT2D eigenvalue weighted by atomic mass is 35.5. The number of rotatable bonds is 5. The number of hydrogen-bond acceptors (Lipinski definition) is 3. The van der Waals surface area contributed by atoms with Gasteiger partial charge >= 0.3 is 0 Å². The molecule has 122 valence electrons. The van der Waals surface area contributed by atoms with Crippen molar-refractivity contribution in [3.05, 3.63) is 53.6 Å². The molecule has 1 saturated carbocycles. The molecule has 0 radical (unpaired) electrons. The summed E-state index contributed by atoms with van der Waals surface area (Å²) in [5.74, 6) is 0.702. The summed E-state index contributed by atoms with van der Waals surface area (Å²) in [6.07, 6.45) is 4.76. The van der Waals surface area contributed by atoms with Crippen molar-refractivity contribution in [2.75, 3.05) is 4.72 Å². The van der Waals surface area contributed by atoms with Crippen molar-refractivity contribution in [1.82, 2.24) is 0 Å². The van der Waals surface area contributed by atoms with Gasteiger partial charge in [-0.1, -0.05) is 23.7 Å². The minimum absolute atomic E-state index is 0.177. The molecule has 6 heteroatoms. The lowest BCUT2D eigenvalue weighted by molar-refractivity contribution is 0.210. The number of sulfonamides is 1. The Labute approximate surface area is 141 Å². The Kier molecular flexibility index (Phi) is 4.78. The minimum Gasteiger partial charge on any atom is -0.490 e. The van der Waals surface area contributed by atoms with Crippen molar-refractivity contribution in [3.63, 3.8) is 0 Å². The zero-order chi connectivity index (χ0) is 16.3. The van der Waals surface area contributed by atoms with Crippen LogP contribution >= 0.6 is 11.6 Å². The predicted molar refractivity (Wildman–Crippen MR) is 91.6 cm³/mol. The standard InChI is InChI=1S/C17H18ClNO3S/c18-16-7-3-4-8-17(16)19-23(20,21)15-11-9-14(10-12-15)22-13-5-1-2-6-13/h3-4,7-13,19H,1-2,5-6H2. The Bertz CT molecular complexity index is 769. The van der Waals surface area contributed by atoms with E-state index in [-0.39, 0.29) is 11.0 Å². The van der Waals surface area contributed by atoms with E-state index >= 15 is 0 Å². The van der Waals surface area contributed by atoms with Crippen molar-refractivity contribution >= 4 is 27.3 Å². The van der Waals surface area contributed by atoms with E-state index in [2.05, 4.69) is 4.72 Å². The first-order valence-electron chi connectivity index (χ1n) is 7.59. The van der Waals surface area contributed by atoms with Crippen LogP contribution in [0.4, 0.5) is 5.69 Å². The molecule has 0 heterocycles. The Morgan fingerprint density at radius 1 is 1.00 bits per heavy atom. The van der Waals surface area contributed by atoms with Crippen LogP contribution in [0, 0.1) is 0 Å². The van der Waals surface area contributed by atoms with Gasteiger partial charge in [0.15, 0.2) is 0 Å². The topological polar surface area (TPSA) is 55.4 Å². The monoisotopic (exact) mass is 351 g/mol. The molecular formula is C17H18ClNO3S. The first-order chi connectivity index (χ1) is 11.0. The molecule has 2 aromatic rings. The highest BCUT2D eigenvalue weighted by Crippen LogP contribution is 2.27.